The van der Waals surface area contributed by atoms with E-state index >= 15 is 0 Å². The highest BCUT2D eigenvalue weighted by Crippen LogP contribution is 2.53. The first-order valence-electron chi connectivity index (χ1n) is 6.81. The Bertz CT molecular complexity index is 617. The van der Waals surface area contributed by atoms with E-state index in [2.05, 4.69) is 6.58 Å². The Hall–Kier alpha value is -2.22. The molecular formula is C14H16F8O6. The van der Waals surface area contributed by atoms with Crippen molar-refractivity contribution < 1.29 is 65.1 Å². The van der Waals surface area contributed by atoms with Crippen molar-refractivity contribution in [1.82, 2.24) is 0 Å². The van der Waals surface area contributed by atoms with Gasteiger partial charge >= 0.3 is 35.6 Å². The number of alkyl halides is 8. The van der Waals surface area contributed by atoms with E-state index < -0.39 is 60.0 Å². The average Bonchev–Trinajstić information content (AvgIpc) is 2.54. The smallest absolute Gasteiger partial charge is 0.381 e. The van der Waals surface area contributed by atoms with E-state index in [9.17, 15) is 44.7 Å². The van der Waals surface area contributed by atoms with Gasteiger partial charge in [-0.05, 0) is 19.9 Å². The van der Waals surface area contributed by atoms with E-state index in [4.69, 9.17) is 20.4 Å². The highest BCUT2D eigenvalue weighted by Gasteiger charge is 2.81. The van der Waals surface area contributed by atoms with Crippen LogP contribution >= 0.6 is 0 Å². The molecule has 1 unspecified atom stereocenters. The monoisotopic (exact) mass is 432 g/mol. The van der Waals surface area contributed by atoms with E-state index in [1.54, 1.807) is 0 Å². The highest BCUT2D eigenvalue weighted by atomic mass is 19.4. The Labute approximate surface area is 152 Å². The van der Waals surface area contributed by atoms with Gasteiger partial charge in [-0.2, -0.15) is 35.1 Å². The van der Waals surface area contributed by atoms with Gasteiger partial charge in [0.2, 0.25) is 0 Å². The Morgan fingerprint density at radius 1 is 0.929 bits per heavy atom. The fourth-order valence-corrected chi connectivity index (χ4v) is 1.14. The number of aliphatic hydroxyl groups is 2. The molecule has 0 aliphatic carbocycles. The van der Waals surface area contributed by atoms with Crippen molar-refractivity contribution in [2.45, 2.75) is 43.6 Å². The summed E-state index contributed by atoms with van der Waals surface area (Å²) in [6.45, 7) is 2.32. The molecule has 1 atom stereocenters. The Balaban J connectivity index is 0. The molecule has 0 bridgehead atoms. The van der Waals surface area contributed by atoms with Gasteiger partial charge < -0.3 is 20.4 Å². The van der Waals surface area contributed by atoms with Gasteiger partial charge in [-0.3, -0.25) is 0 Å². The van der Waals surface area contributed by atoms with Gasteiger partial charge in [0.15, 0.2) is 0 Å². The van der Waals surface area contributed by atoms with Crippen LogP contribution in [0.1, 0.15) is 13.8 Å². The van der Waals surface area contributed by atoms with Crippen LogP contribution < -0.4 is 0 Å². The lowest BCUT2D eigenvalue weighted by molar-refractivity contribution is -0.379. The molecule has 6 nitrogen and oxygen atoms in total. The molecule has 0 aromatic heterocycles. The minimum atomic E-state index is -6.79. The number of carbonyl (C=O) groups is 2. The molecule has 0 aliphatic rings. The molecule has 14 heteroatoms. The molecule has 4 N–H and O–H groups in total. The van der Waals surface area contributed by atoms with Crippen LogP contribution in [0.3, 0.4) is 0 Å². The number of aliphatic hydroxyl groups excluding tert-OH is 2. The van der Waals surface area contributed by atoms with E-state index in [0.717, 1.165) is 0 Å². The predicted octanol–water partition coefficient (Wildman–Crippen LogP) is 2.56. The zero-order valence-corrected chi connectivity index (χ0v) is 14.2. The zero-order chi connectivity index (χ0) is 23.3. The standard InChI is InChI=1S/C10H10F8O4.C4H6O2/c1-4(6(21)22)2-5(20)8(13,14)10(17,18)9(15,16)7(11,12)3-19;1-3(2)4(5)6/h2,5,19-20H,3H2,1H3,(H,21,22);1H2,2H3,(H,5,6). The van der Waals surface area contributed by atoms with E-state index in [1.807, 2.05) is 0 Å². The van der Waals surface area contributed by atoms with Crippen molar-refractivity contribution in [2.24, 2.45) is 0 Å². The fraction of sp³-hybridized carbons (Fsp3) is 0.571. The molecule has 0 aromatic carbocycles. The maximum Gasteiger partial charge on any atom is 0.381 e. The summed E-state index contributed by atoms with van der Waals surface area (Å²) in [5, 5.41) is 33.0. The minimum absolute atomic E-state index is 0.176. The van der Waals surface area contributed by atoms with Crippen LogP contribution in [0.25, 0.3) is 0 Å². The molecule has 28 heavy (non-hydrogen) atoms. The summed E-state index contributed by atoms with van der Waals surface area (Å²) in [5.41, 5.74) is -0.935. The lowest BCUT2D eigenvalue weighted by Crippen LogP contribution is -2.66. The SMILES string of the molecule is C=C(C)C(=O)O.CC(=CC(O)C(F)(F)C(F)(F)C(F)(F)C(F)(F)CO)C(=O)O. The predicted molar refractivity (Wildman–Crippen MR) is 76.7 cm³/mol. The summed E-state index contributed by atoms with van der Waals surface area (Å²) in [7, 11) is 0. The Morgan fingerprint density at radius 3 is 1.54 bits per heavy atom. The summed E-state index contributed by atoms with van der Waals surface area (Å²) >= 11 is 0. The van der Waals surface area contributed by atoms with Crippen molar-refractivity contribution in [3.05, 3.63) is 23.8 Å². The van der Waals surface area contributed by atoms with Gasteiger partial charge in [0.1, 0.15) is 12.7 Å². The third kappa shape index (κ3) is 5.89. The van der Waals surface area contributed by atoms with Gasteiger partial charge in [-0.1, -0.05) is 6.58 Å². The summed E-state index contributed by atoms with van der Waals surface area (Å²) in [6.07, 6.45) is -4.19. The number of carboxylic acids is 2. The number of halogens is 8. The molecule has 0 saturated heterocycles. The van der Waals surface area contributed by atoms with Crippen molar-refractivity contribution in [3.63, 3.8) is 0 Å². The summed E-state index contributed by atoms with van der Waals surface area (Å²) in [4.78, 5) is 19.9. The second kappa shape index (κ2) is 9.32. The van der Waals surface area contributed by atoms with E-state index in [1.165, 1.54) is 6.92 Å². The van der Waals surface area contributed by atoms with Crippen molar-refractivity contribution in [2.75, 3.05) is 6.61 Å². The number of aliphatic carboxylic acids is 2. The molecule has 0 saturated carbocycles. The molecule has 0 radical (unpaired) electrons. The maximum absolute atomic E-state index is 13.2. The first-order valence-corrected chi connectivity index (χ1v) is 6.81. The van der Waals surface area contributed by atoms with Gasteiger partial charge in [0.05, 0.1) is 0 Å². The molecule has 0 aliphatic heterocycles. The highest BCUT2D eigenvalue weighted by molar-refractivity contribution is 5.86. The third-order valence-corrected chi connectivity index (χ3v) is 2.95. The Kier molecular flexibility index (Phi) is 9.32. The first-order chi connectivity index (χ1) is 12.2. The molecule has 0 heterocycles. The number of carboxylic acid groups (broad SMARTS) is 2. The van der Waals surface area contributed by atoms with Crippen molar-refractivity contribution >= 4 is 11.9 Å². The molecule has 0 aromatic rings. The van der Waals surface area contributed by atoms with Crippen LogP contribution in [0.5, 0.6) is 0 Å². The minimum Gasteiger partial charge on any atom is -0.478 e. The van der Waals surface area contributed by atoms with Crippen LogP contribution in [0.15, 0.2) is 23.8 Å². The molecule has 164 valence electrons. The van der Waals surface area contributed by atoms with E-state index in [-0.39, 0.29) is 5.57 Å². The van der Waals surface area contributed by atoms with Crippen LogP contribution in [-0.2, 0) is 9.59 Å². The molecule has 0 spiro atoms. The van der Waals surface area contributed by atoms with Crippen LogP contribution in [-0.4, -0.2) is 68.8 Å². The zero-order valence-electron chi connectivity index (χ0n) is 14.2. The molecule has 0 amide bonds. The fourth-order valence-electron chi connectivity index (χ4n) is 1.14. The van der Waals surface area contributed by atoms with Crippen LogP contribution in [0.4, 0.5) is 35.1 Å². The summed E-state index contributed by atoms with van der Waals surface area (Å²) in [6, 6.07) is 0. The number of rotatable bonds is 8. The topological polar surface area (TPSA) is 115 Å². The van der Waals surface area contributed by atoms with Crippen molar-refractivity contribution in [3.8, 4) is 0 Å². The molecular weight excluding hydrogens is 416 g/mol. The third-order valence-electron chi connectivity index (χ3n) is 2.95. The van der Waals surface area contributed by atoms with Gasteiger partial charge in [0.25, 0.3) is 0 Å². The number of hydrogen-bond donors (Lipinski definition) is 4. The number of hydrogen-bond acceptors (Lipinski definition) is 4. The maximum atomic E-state index is 13.2. The van der Waals surface area contributed by atoms with Crippen molar-refractivity contribution in [1.29, 1.82) is 0 Å². The quantitative estimate of drug-likeness (QED) is 0.346. The van der Waals surface area contributed by atoms with Crippen LogP contribution in [0, 0.1) is 0 Å². The largest absolute Gasteiger partial charge is 0.478 e. The van der Waals surface area contributed by atoms with Gasteiger partial charge in [-0.15, -0.1) is 0 Å². The second-order valence-corrected chi connectivity index (χ2v) is 5.32. The molecule has 0 rings (SSSR count). The lowest BCUT2D eigenvalue weighted by atomic mass is 9.94. The van der Waals surface area contributed by atoms with E-state index in [0.29, 0.717) is 6.92 Å². The average molecular weight is 432 g/mol. The lowest BCUT2D eigenvalue weighted by Gasteiger charge is -2.37. The first kappa shape index (κ1) is 28.0. The second-order valence-electron chi connectivity index (χ2n) is 5.32. The molecule has 0 fully saturated rings. The van der Waals surface area contributed by atoms with Gasteiger partial charge in [-0.25, -0.2) is 9.59 Å². The Morgan fingerprint density at radius 2 is 1.29 bits per heavy atom. The summed E-state index contributed by atoms with van der Waals surface area (Å²) < 4.78 is 104. The normalized spacial score (nSPS) is 14.6. The van der Waals surface area contributed by atoms with Crippen LogP contribution in [0.2, 0.25) is 0 Å². The summed E-state index contributed by atoms with van der Waals surface area (Å²) in [5.74, 6) is -28.4. The van der Waals surface area contributed by atoms with Gasteiger partial charge in [0, 0.05) is 11.1 Å².